The largest absolute Gasteiger partial charge is 0.355 e. The molecule has 1 aliphatic rings. The zero-order chi connectivity index (χ0) is 24.0. The molecule has 0 aliphatic heterocycles. The number of amides is 1. The fraction of sp³-hybridized carbons (Fsp3) is 0.310. The molecule has 0 spiro atoms. The van der Waals surface area contributed by atoms with Gasteiger partial charge in [-0.2, -0.15) is 5.26 Å². The quantitative estimate of drug-likeness (QED) is 0.373. The normalized spacial score (nSPS) is 15.4. The minimum absolute atomic E-state index is 0.0965. The Morgan fingerprint density at radius 3 is 2.18 bits per heavy atom. The Kier molecular flexibility index (Phi) is 7.93. The lowest BCUT2D eigenvalue weighted by atomic mass is 9.78. The third-order valence-corrected chi connectivity index (χ3v) is 7.36. The zero-order valence-corrected chi connectivity index (χ0v) is 20.6. The second-order valence-electron chi connectivity index (χ2n) is 9.22. The number of nitriles is 1. The van der Waals surface area contributed by atoms with Crippen LogP contribution in [0.4, 0.5) is 0 Å². The third-order valence-electron chi connectivity index (χ3n) is 6.86. The molecule has 34 heavy (non-hydrogen) atoms. The Morgan fingerprint density at radius 1 is 0.912 bits per heavy atom. The first kappa shape index (κ1) is 24.3. The lowest BCUT2D eigenvalue weighted by molar-refractivity contribution is -0.126. The van der Waals surface area contributed by atoms with Gasteiger partial charge < -0.3 is 5.32 Å². The molecule has 0 heterocycles. The first-order chi connectivity index (χ1) is 16.5. The van der Waals surface area contributed by atoms with Crippen molar-refractivity contribution < 1.29 is 4.79 Å². The highest BCUT2D eigenvalue weighted by Gasteiger charge is 2.42. The van der Waals surface area contributed by atoms with Crippen molar-refractivity contribution in [1.82, 2.24) is 5.32 Å². The number of rotatable bonds is 8. The number of nitrogens with one attached hydrogen (secondary N) is 1. The summed E-state index contributed by atoms with van der Waals surface area (Å²) in [4.78, 5) is 13.6. The van der Waals surface area contributed by atoms with Crippen LogP contribution in [0.3, 0.4) is 0 Å². The summed E-state index contributed by atoms with van der Waals surface area (Å²) >= 11 is 12.2. The molecule has 1 atom stereocenters. The van der Waals surface area contributed by atoms with Crippen molar-refractivity contribution in [3.8, 4) is 6.07 Å². The van der Waals surface area contributed by atoms with Crippen LogP contribution < -0.4 is 5.32 Å². The maximum absolute atomic E-state index is 13.6. The molecule has 5 heteroatoms. The molecule has 1 unspecified atom stereocenters. The summed E-state index contributed by atoms with van der Waals surface area (Å²) in [5.74, 6) is 0.280. The molecule has 0 saturated heterocycles. The van der Waals surface area contributed by atoms with Gasteiger partial charge in [-0.1, -0.05) is 72.4 Å². The Labute approximate surface area is 211 Å². The first-order valence-corrected chi connectivity index (χ1v) is 12.5. The number of hydrogen-bond acceptors (Lipinski definition) is 2. The summed E-state index contributed by atoms with van der Waals surface area (Å²) in [6, 6.07) is 25.5. The van der Waals surface area contributed by atoms with E-state index in [1.807, 2.05) is 72.8 Å². The SMILES string of the molecule is N#Cc1cccc(CC(CNC(=O)C2(c3ccc(Cl)cc3)CCCC2)Cc2ccc(Cl)cc2)c1. The second kappa shape index (κ2) is 11.1. The summed E-state index contributed by atoms with van der Waals surface area (Å²) in [7, 11) is 0. The highest BCUT2D eigenvalue weighted by atomic mass is 35.5. The molecular weight excluding hydrogens is 463 g/mol. The van der Waals surface area contributed by atoms with Crippen molar-refractivity contribution in [2.75, 3.05) is 6.54 Å². The maximum atomic E-state index is 13.6. The standard InChI is InChI=1S/C29H28Cl2N2O/c30-26-10-6-21(7-11-26)16-24(18-22-4-3-5-23(17-22)19-32)20-33-28(34)29(14-1-2-15-29)25-8-12-27(31)13-9-25/h3-13,17,24H,1-2,14-16,18,20H2,(H,33,34). The molecule has 3 aromatic carbocycles. The van der Waals surface area contributed by atoms with Crippen LogP contribution in [0, 0.1) is 17.2 Å². The molecule has 0 bridgehead atoms. The number of nitrogens with zero attached hydrogens (tertiary/aromatic N) is 1. The van der Waals surface area contributed by atoms with Crippen molar-refractivity contribution in [3.63, 3.8) is 0 Å². The van der Waals surface area contributed by atoms with E-state index in [0.717, 1.165) is 49.7 Å². The van der Waals surface area contributed by atoms with E-state index in [9.17, 15) is 10.1 Å². The van der Waals surface area contributed by atoms with Crippen LogP contribution in [0.5, 0.6) is 0 Å². The Bertz CT molecular complexity index is 1160. The van der Waals surface area contributed by atoms with Gasteiger partial charge in [-0.15, -0.1) is 0 Å². The number of carbonyl (C=O) groups is 1. The number of halogens is 2. The van der Waals surface area contributed by atoms with E-state index in [-0.39, 0.29) is 11.8 Å². The van der Waals surface area contributed by atoms with Gasteiger partial charge in [0.05, 0.1) is 17.0 Å². The van der Waals surface area contributed by atoms with E-state index < -0.39 is 5.41 Å². The molecular formula is C29H28Cl2N2O. The molecule has 4 rings (SSSR count). The Balaban J connectivity index is 1.52. The second-order valence-corrected chi connectivity index (χ2v) is 10.1. The first-order valence-electron chi connectivity index (χ1n) is 11.8. The van der Waals surface area contributed by atoms with E-state index in [4.69, 9.17) is 23.2 Å². The van der Waals surface area contributed by atoms with Crippen molar-refractivity contribution >= 4 is 29.1 Å². The summed E-state index contributed by atoms with van der Waals surface area (Å²) in [6.45, 7) is 0.563. The fourth-order valence-corrected chi connectivity index (χ4v) is 5.32. The molecule has 1 aliphatic carbocycles. The van der Waals surface area contributed by atoms with Gasteiger partial charge in [-0.05, 0) is 84.7 Å². The molecule has 174 valence electrons. The Hall–Kier alpha value is -2.80. The predicted molar refractivity (Wildman–Crippen MR) is 138 cm³/mol. The zero-order valence-electron chi connectivity index (χ0n) is 19.1. The molecule has 3 aromatic rings. The van der Waals surface area contributed by atoms with Gasteiger partial charge in [0.1, 0.15) is 0 Å². The predicted octanol–water partition coefficient (Wildman–Crippen LogP) is 6.89. The topological polar surface area (TPSA) is 52.9 Å². The van der Waals surface area contributed by atoms with Crippen LogP contribution >= 0.6 is 23.2 Å². The smallest absolute Gasteiger partial charge is 0.230 e. The summed E-state index contributed by atoms with van der Waals surface area (Å²) in [5.41, 5.74) is 3.48. The maximum Gasteiger partial charge on any atom is 0.230 e. The van der Waals surface area contributed by atoms with Crippen LogP contribution in [0.25, 0.3) is 0 Å². The van der Waals surface area contributed by atoms with Gasteiger partial charge in [-0.3, -0.25) is 4.79 Å². The van der Waals surface area contributed by atoms with Gasteiger partial charge in [0.25, 0.3) is 0 Å². The molecule has 3 nitrogen and oxygen atoms in total. The third kappa shape index (κ3) is 5.81. The molecule has 0 aromatic heterocycles. The summed E-state index contributed by atoms with van der Waals surface area (Å²) in [5, 5.41) is 14.0. The van der Waals surface area contributed by atoms with Crippen LogP contribution in [0.15, 0.2) is 72.8 Å². The molecule has 1 fully saturated rings. The molecule has 1 amide bonds. The van der Waals surface area contributed by atoms with Gasteiger partial charge in [0, 0.05) is 16.6 Å². The summed E-state index contributed by atoms with van der Waals surface area (Å²) in [6.07, 6.45) is 5.38. The van der Waals surface area contributed by atoms with Gasteiger partial charge in [0.15, 0.2) is 0 Å². The highest BCUT2D eigenvalue weighted by Crippen LogP contribution is 2.41. The monoisotopic (exact) mass is 490 g/mol. The average molecular weight is 491 g/mol. The van der Waals surface area contributed by atoms with Crippen molar-refractivity contribution in [2.45, 2.75) is 43.9 Å². The lowest BCUT2D eigenvalue weighted by Crippen LogP contribution is -2.44. The highest BCUT2D eigenvalue weighted by molar-refractivity contribution is 6.30. The lowest BCUT2D eigenvalue weighted by Gasteiger charge is -2.29. The van der Waals surface area contributed by atoms with Crippen molar-refractivity contribution in [2.24, 2.45) is 5.92 Å². The van der Waals surface area contributed by atoms with E-state index in [2.05, 4.69) is 11.4 Å². The van der Waals surface area contributed by atoms with Crippen LogP contribution in [0.2, 0.25) is 10.0 Å². The minimum atomic E-state index is -0.490. The fourth-order valence-electron chi connectivity index (χ4n) is 5.07. The van der Waals surface area contributed by atoms with Gasteiger partial charge in [-0.25, -0.2) is 0 Å². The van der Waals surface area contributed by atoms with E-state index in [1.165, 1.54) is 5.56 Å². The minimum Gasteiger partial charge on any atom is -0.355 e. The number of carbonyl (C=O) groups excluding carboxylic acids is 1. The summed E-state index contributed by atoms with van der Waals surface area (Å²) < 4.78 is 0. The van der Waals surface area contributed by atoms with Gasteiger partial charge >= 0.3 is 0 Å². The van der Waals surface area contributed by atoms with Gasteiger partial charge in [0.2, 0.25) is 5.91 Å². The van der Waals surface area contributed by atoms with Crippen LogP contribution in [-0.4, -0.2) is 12.5 Å². The van der Waals surface area contributed by atoms with Crippen LogP contribution in [-0.2, 0) is 23.1 Å². The molecule has 0 radical (unpaired) electrons. The molecule has 1 N–H and O–H groups in total. The van der Waals surface area contributed by atoms with Crippen LogP contribution in [0.1, 0.15) is 47.9 Å². The number of hydrogen-bond donors (Lipinski definition) is 1. The van der Waals surface area contributed by atoms with Crippen molar-refractivity contribution in [1.29, 1.82) is 5.26 Å². The van der Waals surface area contributed by atoms with E-state index >= 15 is 0 Å². The Morgan fingerprint density at radius 2 is 1.53 bits per heavy atom. The van der Waals surface area contributed by atoms with Crippen molar-refractivity contribution in [3.05, 3.63) is 105 Å². The molecule has 1 saturated carbocycles. The van der Waals surface area contributed by atoms with E-state index in [0.29, 0.717) is 22.2 Å². The van der Waals surface area contributed by atoms with E-state index in [1.54, 1.807) is 0 Å². The number of benzene rings is 3. The average Bonchev–Trinajstić information content (AvgIpc) is 3.35.